The zero-order chi connectivity index (χ0) is 13.1. The molecule has 1 atom stereocenters. The van der Waals surface area contributed by atoms with Crippen LogP contribution in [0.15, 0.2) is 23.1 Å². The number of hydrogen-bond donors (Lipinski definition) is 1. The van der Waals surface area contributed by atoms with Crippen molar-refractivity contribution in [1.82, 2.24) is 4.72 Å². The molecule has 96 valence electrons. The van der Waals surface area contributed by atoms with Gasteiger partial charge in [0.1, 0.15) is 10.7 Å². The first-order valence-electron chi connectivity index (χ1n) is 4.87. The van der Waals surface area contributed by atoms with Crippen molar-refractivity contribution in [2.75, 3.05) is 11.9 Å². The molecule has 0 aliphatic rings. The van der Waals surface area contributed by atoms with Crippen molar-refractivity contribution in [3.63, 3.8) is 0 Å². The fourth-order valence-electron chi connectivity index (χ4n) is 1.07. The highest BCUT2D eigenvalue weighted by Crippen LogP contribution is 2.22. The van der Waals surface area contributed by atoms with Crippen LogP contribution in [-0.2, 0) is 10.0 Å². The van der Waals surface area contributed by atoms with Crippen LogP contribution in [0.5, 0.6) is 0 Å². The van der Waals surface area contributed by atoms with Crippen LogP contribution in [0, 0.1) is 11.7 Å². The molecule has 0 radical (unpaired) electrons. The Morgan fingerprint density at radius 1 is 1.53 bits per heavy atom. The quantitative estimate of drug-likeness (QED) is 0.835. The van der Waals surface area contributed by atoms with Crippen LogP contribution in [0.1, 0.15) is 6.92 Å². The molecule has 0 aromatic heterocycles. The monoisotopic (exact) mass is 343 g/mol. The summed E-state index contributed by atoms with van der Waals surface area (Å²) >= 11 is 8.98. The predicted molar refractivity (Wildman–Crippen MR) is 69.6 cm³/mol. The Hall–Kier alpha value is -0.170. The summed E-state index contributed by atoms with van der Waals surface area (Å²) in [6.45, 7) is 2.14. The Balaban J connectivity index is 2.93. The molecule has 0 spiro atoms. The molecular weight excluding hydrogens is 333 g/mol. The van der Waals surface area contributed by atoms with Crippen molar-refractivity contribution in [3.05, 3.63) is 29.0 Å². The van der Waals surface area contributed by atoms with Crippen molar-refractivity contribution in [2.45, 2.75) is 11.8 Å². The first-order chi connectivity index (χ1) is 7.86. The second-order valence-corrected chi connectivity index (χ2v) is 6.48. The Morgan fingerprint density at radius 3 is 2.76 bits per heavy atom. The largest absolute Gasteiger partial charge is 0.242 e. The van der Waals surface area contributed by atoms with Crippen molar-refractivity contribution in [2.24, 2.45) is 5.92 Å². The molecule has 1 N–H and O–H groups in total. The third-order valence-corrected chi connectivity index (χ3v) is 5.08. The van der Waals surface area contributed by atoms with Crippen LogP contribution in [0.3, 0.4) is 0 Å². The molecular formula is C10H12BrClFNO2S. The number of hydrogen-bond acceptors (Lipinski definition) is 2. The molecule has 7 heteroatoms. The zero-order valence-corrected chi connectivity index (χ0v) is 12.2. The maximum Gasteiger partial charge on any atom is 0.242 e. The summed E-state index contributed by atoms with van der Waals surface area (Å²) in [7, 11) is -3.76. The predicted octanol–water partition coefficient (Wildman–Crippen LogP) is 2.79. The fourth-order valence-corrected chi connectivity index (χ4v) is 2.97. The van der Waals surface area contributed by atoms with E-state index in [4.69, 9.17) is 11.6 Å². The molecule has 1 rings (SSSR count). The van der Waals surface area contributed by atoms with E-state index in [1.165, 1.54) is 6.07 Å². The van der Waals surface area contributed by atoms with E-state index in [0.717, 1.165) is 12.1 Å². The summed E-state index contributed by atoms with van der Waals surface area (Å²) in [6, 6.07) is 3.24. The van der Waals surface area contributed by atoms with Crippen molar-refractivity contribution < 1.29 is 12.8 Å². The van der Waals surface area contributed by atoms with Crippen molar-refractivity contribution >= 4 is 37.6 Å². The normalized spacial score (nSPS) is 13.6. The molecule has 0 bridgehead atoms. The van der Waals surface area contributed by atoms with Gasteiger partial charge in [0.2, 0.25) is 10.0 Å². The maximum absolute atomic E-state index is 13.0. The molecule has 0 amide bonds. The highest BCUT2D eigenvalue weighted by atomic mass is 79.9. The van der Waals surface area contributed by atoms with Crippen LogP contribution < -0.4 is 4.72 Å². The van der Waals surface area contributed by atoms with Crippen LogP contribution in [0.4, 0.5) is 4.39 Å². The Kier molecular flexibility index (Phi) is 5.37. The molecule has 0 saturated heterocycles. The zero-order valence-electron chi connectivity index (χ0n) is 9.08. The molecule has 1 aromatic carbocycles. The van der Waals surface area contributed by atoms with E-state index in [-0.39, 0.29) is 22.4 Å². The summed E-state index contributed by atoms with van der Waals surface area (Å²) in [5.41, 5.74) is 0. The molecule has 0 heterocycles. The topological polar surface area (TPSA) is 46.2 Å². The van der Waals surface area contributed by atoms with E-state index in [2.05, 4.69) is 20.7 Å². The van der Waals surface area contributed by atoms with Gasteiger partial charge in [-0.05, 0) is 24.1 Å². The van der Waals surface area contributed by atoms with E-state index in [1.54, 1.807) is 0 Å². The van der Waals surface area contributed by atoms with Gasteiger partial charge in [0.15, 0.2) is 0 Å². The molecule has 0 saturated carbocycles. The van der Waals surface area contributed by atoms with Gasteiger partial charge in [-0.3, -0.25) is 0 Å². The van der Waals surface area contributed by atoms with Gasteiger partial charge in [-0.25, -0.2) is 17.5 Å². The molecule has 0 aliphatic heterocycles. The van der Waals surface area contributed by atoms with Crippen LogP contribution in [-0.4, -0.2) is 20.3 Å². The van der Waals surface area contributed by atoms with Gasteiger partial charge in [0.05, 0.1) is 5.02 Å². The Labute approximate surface area is 114 Å². The minimum Gasteiger partial charge on any atom is -0.211 e. The lowest BCUT2D eigenvalue weighted by molar-refractivity contribution is 0.561. The number of sulfonamides is 1. The second-order valence-electron chi connectivity index (χ2n) is 3.69. The average Bonchev–Trinajstić information content (AvgIpc) is 2.29. The molecule has 3 nitrogen and oxygen atoms in total. The lowest BCUT2D eigenvalue weighted by Crippen LogP contribution is -2.29. The van der Waals surface area contributed by atoms with E-state index < -0.39 is 15.8 Å². The molecule has 0 aliphatic carbocycles. The Morgan fingerprint density at radius 2 is 2.18 bits per heavy atom. The summed E-state index contributed by atoms with van der Waals surface area (Å²) in [5.74, 6) is -0.500. The molecule has 1 aromatic rings. The summed E-state index contributed by atoms with van der Waals surface area (Å²) in [5, 5.41) is 0.678. The highest BCUT2D eigenvalue weighted by Gasteiger charge is 2.19. The SMILES string of the molecule is CC(CBr)CNS(=O)(=O)c1cc(F)ccc1Cl. The first kappa shape index (κ1) is 14.9. The van der Waals surface area contributed by atoms with Gasteiger partial charge in [0.25, 0.3) is 0 Å². The van der Waals surface area contributed by atoms with Crippen LogP contribution in [0.25, 0.3) is 0 Å². The lowest BCUT2D eigenvalue weighted by atomic mass is 10.2. The maximum atomic E-state index is 13.0. The second kappa shape index (κ2) is 6.13. The number of halogens is 3. The lowest BCUT2D eigenvalue weighted by Gasteiger charge is -2.11. The van der Waals surface area contributed by atoms with Gasteiger partial charge < -0.3 is 0 Å². The fraction of sp³-hybridized carbons (Fsp3) is 0.400. The minimum absolute atomic E-state index is 0.00500. The van der Waals surface area contributed by atoms with E-state index >= 15 is 0 Å². The summed E-state index contributed by atoms with van der Waals surface area (Å²) in [4.78, 5) is -0.235. The van der Waals surface area contributed by atoms with Crippen LogP contribution in [0.2, 0.25) is 5.02 Å². The van der Waals surface area contributed by atoms with Gasteiger partial charge in [0, 0.05) is 11.9 Å². The number of benzene rings is 1. The third-order valence-electron chi connectivity index (χ3n) is 2.07. The van der Waals surface area contributed by atoms with Gasteiger partial charge >= 0.3 is 0 Å². The summed E-state index contributed by atoms with van der Waals surface area (Å²) in [6.07, 6.45) is 0. The van der Waals surface area contributed by atoms with Crippen molar-refractivity contribution in [1.29, 1.82) is 0 Å². The first-order valence-corrected chi connectivity index (χ1v) is 7.85. The standard InChI is InChI=1S/C10H12BrClFNO2S/c1-7(5-11)6-14-17(15,16)10-4-8(13)2-3-9(10)12/h2-4,7,14H,5-6H2,1H3. The smallest absolute Gasteiger partial charge is 0.211 e. The molecule has 0 fully saturated rings. The molecule has 17 heavy (non-hydrogen) atoms. The minimum atomic E-state index is -3.76. The number of rotatable bonds is 5. The van der Waals surface area contributed by atoms with Gasteiger partial charge in [-0.15, -0.1) is 0 Å². The third kappa shape index (κ3) is 4.21. The highest BCUT2D eigenvalue weighted by molar-refractivity contribution is 9.09. The molecule has 1 unspecified atom stereocenters. The van der Waals surface area contributed by atoms with Crippen molar-refractivity contribution in [3.8, 4) is 0 Å². The van der Waals surface area contributed by atoms with E-state index in [9.17, 15) is 12.8 Å². The van der Waals surface area contributed by atoms with Gasteiger partial charge in [-0.2, -0.15) is 0 Å². The van der Waals surface area contributed by atoms with E-state index in [0.29, 0.717) is 5.33 Å². The Bertz CT molecular complexity index is 495. The van der Waals surface area contributed by atoms with Gasteiger partial charge in [-0.1, -0.05) is 34.5 Å². The average molecular weight is 345 g/mol. The van der Waals surface area contributed by atoms with E-state index in [1.807, 2.05) is 6.92 Å². The number of alkyl halides is 1. The number of nitrogens with one attached hydrogen (secondary N) is 1. The van der Waals surface area contributed by atoms with Crippen LogP contribution >= 0.6 is 27.5 Å². The summed E-state index contributed by atoms with van der Waals surface area (Å²) < 4.78 is 39.1.